The van der Waals surface area contributed by atoms with Crippen LogP contribution in [-0.2, 0) is 19.1 Å². The van der Waals surface area contributed by atoms with Crippen molar-refractivity contribution in [3.05, 3.63) is 35.9 Å². The third kappa shape index (κ3) is 3.41. The van der Waals surface area contributed by atoms with Gasteiger partial charge in [-0.05, 0) is 26.3 Å². The van der Waals surface area contributed by atoms with Crippen LogP contribution in [0.4, 0.5) is 0 Å². The van der Waals surface area contributed by atoms with E-state index in [9.17, 15) is 9.59 Å². The highest BCUT2D eigenvalue weighted by Crippen LogP contribution is 2.31. The molecular formula is C15H18O4. The zero-order valence-electron chi connectivity index (χ0n) is 11.4. The van der Waals surface area contributed by atoms with E-state index >= 15 is 0 Å². The number of benzene rings is 1. The van der Waals surface area contributed by atoms with E-state index in [1.807, 2.05) is 30.3 Å². The minimum Gasteiger partial charge on any atom is -0.458 e. The van der Waals surface area contributed by atoms with Crippen molar-refractivity contribution >= 4 is 11.8 Å². The quantitative estimate of drug-likeness (QED) is 0.606. The summed E-state index contributed by atoms with van der Waals surface area (Å²) in [5.41, 5.74) is 0.285. The normalized spacial score (nSPS) is 23.4. The van der Waals surface area contributed by atoms with Gasteiger partial charge in [-0.2, -0.15) is 0 Å². The molecule has 102 valence electrons. The Morgan fingerprint density at radius 1 is 1.26 bits per heavy atom. The van der Waals surface area contributed by atoms with Crippen LogP contribution in [0.5, 0.6) is 0 Å². The van der Waals surface area contributed by atoms with Gasteiger partial charge in [-0.15, -0.1) is 0 Å². The average Bonchev–Trinajstić information content (AvgIpc) is 2.70. The summed E-state index contributed by atoms with van der Waals surface area (Å²) in [6.07, 6.45) is -1.23. The van der Waals surface area contributed by atoms with Crippen molar-refractivity contribution in [2.75, 3.05) is 0 Å². The summed E-state index contributed by atoms with van der Waals surface area (Å²) in [4.78, 5) is 23.7. The standard InChI is InChI=1S/C15H18O4/c1-15(2,3)19-14(17)13-11(16)9-12(18-13)10-7-5-4-6-8-10/h4-8,12-13H,9H2,1-3H3. The van der Waals surface area contributed by atoms with E-state index < -0.39 is 17.7 Å². The molecule has 0 bridgehead atoms. The molecule has 0 spiro atoms. The lowest BCUT2D eigenvalue weighted by molar-refractivity contribution is -0.169. The number of carbonyl (C=O) groups excluding carboxylic acids is 2. The first-order valence-electron chi connectivity index (χ1n) is 6.33. The Hall–Kier alpha value is -1.68. The van der Waals surface area contributed by atoms with E-state index in [2.05, 4.69) is 0 Å². The van der Waals surface area contributed by atoms with Crippen molar-refractivity contribution in [2.45, 2.75) is 45.0 Å². The summed E-state index contributed by atoms with van der Waals surface area (Å²) in [6.45, 7) is 5.29. The largest absolute Gasteiger partial charge is 0.458 e. The molecule has 1 aliphatic rings. The molecule has 0 saturated carbocycles. The highest BCUT2D eigenvalue weighted by Gasteiger charge is 2.41. The van der Waals surface area contributed by atoms with Gasteiger partial charge in [-0.3, -0.25) is 4.79 Å². The minimum absolute atomic E-state index is 0.216. The van der Waals surface area contributed by atoms with Gasteiger partial charge in [0.15, 0.2) is 5.78 Å². The van der Waals surface area contributed by atoms with Crippen LogP contribution in [0.2, 0.25) is 0 Å². The molecule has 1 saturated heterocycles. The summed E-state index contributed by atoms with van der Waals surface area (Å²) < 4.78 is 10.7. The van der Waals surface area contributed by atoms with Crippen LogP contribution in [0.1, 0.15) is 38.9 Å². The molecule has 4 nitrogen and oxygen atoms in total. The maximum atomic E-state index is 11.9. The predicted octanol–water partition coefficient (Wildman–Crippen LogP) is 2.43. The lowest BCUT2D eigenvalue weighted by atomic mass is 10.1. The summed E-state index contributed by atoms with van der Waals surface area (Å²) in [5.74, 6) is -0.820. The molecule has 0 aromatic heterocycles. The van der Waals surface area contributed by atoms with Crippen molar-refractivity contribution in [2.24, 2.45) is 0 Å². The highest BCUT2D eigenvalue weighted by molar-refractivity contribution is 6.03. The predicted molar refractivity (Wildman–Crippen MR) is 69.5 cm³/mol. The number of hydrogen-bond donors (Lipinski definition) is 0. The fourth-order valence-corrected chi connectivity index (χ4v) is 1.98. The van der Waals surface area contributed by atoms with Gasteiger partial charge in [0.25, 0.3) is 0 Å². The van der Waals surface area contributed by atoms with Crippen LogP contribution < -0.4 is 0 Å². The molecule has 1 aromatic carbocycles. The van der Waals surface area contributed by atoms with Gasteiger partial charge in [0.05, 0.1) is 6.10 Å². The van der Waals surface area contributed by atoms with E-state index in [1.54, 1.807) is 20.8 Å². The molecule has 1 fully saturated rings. The maximum Gasteiger partial charge on any atom is 0.343 e. The number of Topliss-reactive ketones (excluding diaryl/α,β-unsaturated/α-hetero) is 1. The molecule has 1 heterocycles. The summed E-state index contributed by atoms with van der Waals surface area (Å²) >= 11 is 0. The Morgan fingerprint density at radius 2 is 1.89 bits per heavy atom. The number of ketones is 1. The van der Waals surface area contributed by atoms with Gasteiger partial charge < -0.3 is 9.47 Å². The highest BCUT2D eigenvalue weighted by atomic mass is 16.6. The molecule has 2 unspecified atom stereocenters. The van der Waals surface area contributed by atoms with Gasteiger partial charge in [0, 0.05) is 6.42 Å². The van der Waals surface area contributed by atoms with Crippen molar-refractivity contribution in [3.8, 4) is 0 Å². The molecule has 0 radical (unpaired) electrons. The molecule has 2 atom stereocenters. The molecule has 1 aliphatic heterocycles. The average molecular weight is 262 g/mol. The van der Waals surface area contributed by atoms with Gasteiger partial charge in [-0.25, -0.2) is 4.79 Å². The monoisotopic (exact) mass is 262 g/mol. The molecule has 0 N–H and O–H groups in total. The van der Waals surface area contributed by atoms with E-state index in [0.29, 0.717) is 0 Å². The summed E-state index contributed by atoms with van der Waals surface area (Å²) in [7, 11) is 0. The topological polar surface area (TPSA) is 52.6 Å². The number of rotatable bonds is 2. The second-order valence-electron chi connectivity index (χ2n) is 5.62. The molecule has 19 heavy (non-hydrogen) atoms. The van der Waals surface area contributed by atoms with E-state index in [0.717, 1.165) is 5.56 Å². The van der Waals surface area contributed by atoms with E-state index in [1.165, 1.54) is 0 Å². The van der Waals surface area contributed by atoms with E-state index in [-0.39, 0.29) is 18.3 Å². The Kier molecular flexibility index (Phi) is 3.71. The number of carbonyl (C=O) groups is 2. The van der Waals surface area contributed by atoms with Gasteiger partial charge in [-0.1, -0.05) is 30.3 Å². The van der Waals surface area contributed by atoms with Crippen LogP contribution in [0, 0.1) is 0 Å². The van der Waals surface area contributed by atoms with Crippen LogP contribution in [0.25, 0.3) is 0 Å². The van der Waals surface area contributed by atoms with Crippen LogP contribution >= 0.6 is 0 Å². The first-order chi connectivity index (χ1) is 8.87. The van der Waals surface area contributed by atoms with Crippen LogP contribution in [0.15, 0.2) is 30.3 Å². The fraction of sp³-hybridized carbons (Fsp3) is 0.467. The van der Waals surface area contributed by atoms with Crippen molar-refractivity contribution in [3.63, 3.8) is 0 Å². The smallest absolute Gasteiger partial charge is 0.343 e. The first kappa shape index (κ1) is 13.7. The lowest BCUT2D eigenvalue weighted by Crippen LogP contribution is -2.35. The SMILES string of the molecule is CC(C)(C)OC(=O)C1OC(c2ccccc2)CC1=O. The molecule has 2 rings (SSSR count). The summed E-state index contributed by atoms with van der Waals surface area (Å²) in [6, 6.07) is 9.42. The molecule has 0 aliphatic carbocycles. The molecular weight excluding hydrogens is 244 g/mol. The fourth-order valence-electron chi connectivity index (χ4n) is 1.98. The number of esters is 1. The van der Waals surface area contributed by atoms with Gasteiger partial charge in [0.1, 0.15) is 5.60 Å². The Bertz CT molecular complexity index is 473. The number of hydrogen-bond acceptors (Lipinski definition) is 4. The van der Waals surface area contributed by atoms with Gasteiger partial charge in [0.2, 0.25) is 6.10 Å². The Morgan fingerprint density at radius 3 is 2.47 bits per heavy atom. The third-order valence-corrected chi connectivity index (χ3v) is 2.77. The van der Waals surface area contributed by atoms with Crippen LogP contribution in [-0.4, -0.2) is 23.5 Å². The third-order valence-electron chi connectivity index (χ3n) is 2.77. The molecule has 4 heteroatoms. The maximum absolute atomic E-state index is 11.9. The first-order valence-corrected chi connectivity index (χ1v) is 6.33. The Balaban J connectivity index is 2.06. The second-order valence-corrected chi connectivity index (χ2v) is 5.62. The summed E-state index contributed by atoms with van der Waals surface area (Å²) in [5, 5.41) is 0. The second kappa shape index (κ2) is 5.13. The Labute approximate surface area is 112 Å². The van der Waals surface area contributed by atoms with Gasteiger partial charge >= 0.3 is 5.97 Å². The lowest BCUT2D eigenvalue weighted by Gasteiger charge is -2.21. The van der Waals surface area contributed by atoms with Crippen molar-refractivity contribution < 1.29 is 19.1 Å². The molecule has 1 aromatic rings. The van der Waals surface area contributed by atoms with E-state index in [4.69, 9.17) is 9.47 Å². The van der Waals surface area contributed by atoms with Crippen molar-refractivity contribution in [1.82, 2.24) is 0 Å². The molecule has 0 amide bonds. The zero-order chi connectivity index (χ0) is 14.0. The van der Waals surface area contributed by atoms with Crippen molar-refractivity contribution in [1.29, 1.82) is 0 Å². The minimum atomic E-state index is -1.09. The number of ether oxygens (including phenoxy) is 2. The van der Waals surface area contributed by atoms with Crippen LogP contribution in [0.3, 0.4) is 0 Å². The zero-order valence-corrected chi connectivity index (χ0v) is 11.4.